The van der Waals surface area contributed by atoms with E-state index in [-0.39, 0.29) is 11.6 Å². The summed E-state index contributed by atoms with van der Waals surface area (Å²) in [7, 11) is -1.74. The lowest BCUT2D eigenvalue weighted by molar-refractivity contribution is -0.0458. The number of benzene rings is 2. The van der Waals surface area contributed by atoms with Gasteiger partial charge in [0.2, 0.25) is 9.04 Å². The van der Waals surface area contributed by atoms with E-state index in [9.17, 15) is 0 Å². The Morgan fingerprint density at radius 2 is 1.54 bits per heavy atom. The van der Waals surface area contributed by atoms with Crippen molar-refractivity contribution in [2.75, 3.05) is 19.6 Å². The summed E-state index contributed by atoms with van der Waals surface area (Å²) in [5.74, 6) is 0. The molecule has 0 amide bonds. The maximum absolute atomic E-state index is 6.89. The fraction of sp³-hybridized carbons (Fsp3) is 0.455. The molecular weight excluding hydrogens is 336 g/mol. The predicted octanol–water partition coefficient (Wildman–Crippen LogP) is 2.21. The molecule has 2 unspecified atom stereocenters. The van der Waals surface area contributed by atoms with Gasteiger partial charge in [-0.3, -0.25) is 4.90 Å². The summed E-state index contributed by atoms with van der Waals surface area (Å²) >= 11 is 0. The number of nitrogens with one attached hydrogen (secondary N) is 1. The summed E-state index contributed by atoms with van der Waals surface area (Å²) in [6.45, 7) is 12.3. The van der Waals surface area contributed by atoms with Gasteiger partial charge in [0.05, 0.1) is 0 Å². The van der Waals surface area contributed by atoms with Gasteiger partial charge in [-0.1, -0.05) is 81.4 Å². The monoisotopic (exact) mass is 368 g/mol. The van der Waals surface area contributed by atoms with Crippen LogP contribution in [0.3, 0.4) is 0 Å². The molecule has 4 heteroatoms. The van der Waals surface area contributed by atoms with Gasteiger partial charge in [0.1, 0.15) is 6.23 Å². The SMILES string of the molecule is CC(N1CCNCC1O[SiH](c1ccccc1)c1ccccc1)C(C)(C)C. The summed E-state index contributed by atoms with van der Waals surface area (Å²) in [6.07, 6.45) is 0.120. The van der Waals surface area contributed by atoms with Gasteiger partial charge >= 0.3 is 0 Å². The minimum absolute atomic E-state index is 0.120. The molecule has 0 bridgehead atoms. The van der Waals surface area contributed by atoms with Crippen LogP contribution in [0.4, 0.5) is 0 Å². The van der Waals surface area contributed by atoms with Crippen molar-refractivity contribution in [2.24, 2.45) is 5.41 Å². The Labute approximate surface area is 160 Å². The van der Waals surface area contributed by atoms with Crippen molar-refractivity contribution in [3.05, 3.63) is 60.7 Å². The van der Waals surface area contributed by atoms with Gasteiger partial charge in [-0.2, -0.15) is 0 Å². The van der Waals surface area contributed by atoms with Crippen LogP contribution in [-0.2, 0) is 4.43 Å². The fourth-order valence-corrected chi connectivity index (χ4v) is 5.93. The third-order valence-corrected chi connectivity index (χ3v) is 8.05. The van der Waals surface area contributed by atoms with Crippen LogP contribution >= 0.6 is 0 Å². The first-order valence-electron chi connectivity index (χ1n) is 9.68. The lowest BCUT2D eigenvalue weighted by Crippen LogP contribution is -2.61. The van der Waals surface area contributed by atoms with Gasteiger partial charge in [-0.05, 0) is 22.7 Å². The van der Waals surface area contributed by atoms with Crippen LogP contribution in [0.2, 0.25) is 0 Å². The lowest BCUT2D eigenvalue weighted by atomic mass is 9.86. The van der Waals surface area contributed by atoms with E-state index in [0.29, 0.717) is 6.04 Å². The Morgan fingerprint density at radius 3 is 2.04 bits per heavy atom. The first-order chi connectivity index (χ1) is 12.5. The van der Waals surface area contributed by atoms with Crippen LogP contribution in [-0.4, -0.2) is 45.8 Å². The molecule has 1 fully saturated rings. The lowest BCUT2D eigenvalue weighted by Gasteiger charge is -2.46. The van der Waals surface area contributed by atoms with Crippen LogP contribution in [0.15, 0.2) is 60.7 Å². The highest BCUT2D eigenvalue weighted by Gasteiger charge is 2.35. The zero-order valence-corrected chi connectivity index (χ0v) is 17.6. The molecule has 2 atom stereocenters. The summed E-state index contributed by atoms with van der Waals surface area (Å²) in [5, 5.41) is 6.22. The molecule has 0 radical (unpaired) electrons. The molecule has 0 aliphatic carbocycles. The summed E-state index contributed by atoms with van der Waals surface area (Å²) < 4.78 is 6.89. The third kappa shape index (κ3) is 4.63. The number of hydrogen-bond donors (Lipinski definition) is 1. The van der Waals surface area contributed by atoms with Crippen LogP contribution in [0.1, 0.15) is 27.7 Å². The van der Waals surface area contributed by atoms with Gasteiger partial charge in [-0.15, -0.1) is 0 Å². The summed E-state index contributed by atoms with van der Waals surface area (Å²) in [6, 6.07) is 22.0. The van der Waals surface area contributed by atoms with Gasteiger partial charge < -0.3 is 9.74 Å². The zero-order valence-electron chi connectivity index (χ0n) is 16.5. The minimum Gasteiger partial charge on any atom is -0.394 e. The Balaban J connectivity index is 1.87. The van der Waals surface area contributed by atoms with Crippen molar-refractivity contribution >= 4 is 19.4 Å². The highest BCUT2D eigenvalue weighted by molar-refractivity contribution is 6.80. The maximum atomic E-state index is 6.89. The molecule has 1 saturated heterocycles. The molecule has 0 spiro atoms. The first kappa shape index (κ1) is 19.3. The Morgan fingerprint density at radius 1 is 1.00 bits per heavy atom. The second-order valence-electron chi connectivity index (χ2n) is 8.28. The van der Waals surface area contributed by atoms with E-state index in [1.165, 1.54) is 10.4 Å². The quantitative estimate of drug-likeness (QED) is 0.819. The predicted molar refractivity (Wildman–Crippen MR) is 113 cm³/mol. The second kappa shape index (κ2) is 8.48. The topological polar surface area (TPSA) is 24.5 Å². The molecule has 0 aromatic heterocycles. The van der Waals surface area contributed by atoms with E-state index < -0.39 is 9.04 Å². The van der Waals surface area contributed by atoms with Crippen LogP contribution in [0.5, 0.6) is 0 Å². The van der Waals surface area contributed by atoms with Gasteiger partial charge in [0.25, 0.3) is 0 Å². The second-order valence-corrected chi connectivity index (χ2v) is 10.6. The van der Waals surface area contributed by atoms with Gasteiger partial charge in [0, 0.05) is 25.7 Å². The normalized spacial score (nSPS) is 20.3. The Bertz CT molecular complexity index is 632. The number of piperazine rings is 1. The Hall–Kier alpha value is -1.46. The number of nitrogens with zero attached hydrogens (tertiary/aromatic N) is 1. The van der Waals surface area contributed by atoms with Crippen molar-refractivity contribution in [2.45, 2.75) is 40.0 Å². The van der Waals surface area contributed by atoms with Gasteiger partial charge in [0.15, 0.2) is 0 Å². The molecule has 1 heterocycles. The fourth-order valence-electron chi connectivity index (χ4n) is 3.52. The van der Waals surface area contributed by atoms with Crippen molar-refractivity contribution in [3.8, 4) is 0 Å². The molecule has 2 aromatic rings. The van der Waals surface area contributed by atoms with Crippen LogP contribution in [0.25, 0.3) is 0 Å². The smallest absolute Gasteiger partial charge is 0.242 e. The standard InChI is InChI=1S/C22H32N2OSi/c1-18(22(2,3)4)24-16-15-23-17-21(24)25-26(19-11-7-5-8-12-19)20-13-9-6-10-14-20/h5-14,18,21,23,26H,15-17H2,1-4H3. The highest BCUT2D eigenvalue weighted by Crippen LogP contribution is 2.26. The van der Waals surface area contributed by atoms with Crippen molar-refractivity contribution in [1.82, 2.24) is 10.2 Å². The van der Waals surface area contributed by atoms with Crippen molar-refractivity contribution in [1.29, 1.82) is 0 Å². The van der Waals surface area contributed by atoms with Crippen molar-refractivity contribution in [3.63, 3.8) is 0 Å². The van der Waals surface area contributed by atoms with E-state index in [1.807, 2.05) is 0 Å². The molecule has 3 nitrogen and oxygen atoms in total. The van der Waals surface area contributed by atoms with E-state index in [1.54, 1.807) is 0 Å². The molecule has 140 valence electrons. The molecule has 1 N–H and O–H groups in total. The summed E-state index contributed by atoms with van der Waals surface area (Å²) in [4.78, 5) is 2.56. The molecule has 26 heavy (non-hydrogen) atoms. The zero-order chi connectivity index (χ0) is 18.6. The van der Waals surface area contributed by atoms with Gasteiger partial charge in [-0.25, -0.2) is 0 Å². The minimum atomic E-state index is -1.74. The molecule has 0 saturated carbocycles. The van der Waals surface area contributed by atoms with E-state index in [2.05, 4.69) is 98.6 Å². The molecule has 1 aliphatic rings. The van der Waals surface area contributed by atoms with E-state index in [0.717, 1.165) is 19.6 Å². The first-order valence-corrected chi connectivity index (χ1v) is 11.3. The van der Waals surface area contributed by atoms with Crippen LogP contribution < -0.4 is 15.7 Å². The third-order valence-electron chi connectivity index (χ3n) is 5.48. The maximum Gasteiger partial charge on any atom is 0.242 e. The largest absolute Gasteiger partial charge is 0.394 e. The van der Waals surface area contributed by atoms with E-state index in [4.69, 9.17) is 4.43 Å². The molecule has 1 aliphatic heterocycles. The summed E-state index contributed by atoms with van der Waals surface area (Å²) in [5.41, 5.74) is 0.232. The van der Waals surface area contributed by atoms with Crippen LogP contribution in [0, 0.1) is 5.41 Å². The average Bonchev–Trinajstić information content (AvgIpc) is 2.66. The average molecular weight is 369 g/mol. The molecule has 2 aromatic carbocycles. The molecular formula is C22H32N2OSi. The van der Waals surface area contributed by atoms with Crippen molar-refractivity contribution < 1.29 is 4.43 Å². The molecule has 3 rings (SSSR count). The Kier molecular flexibility index (Phi) is 6.30. The number of rotatable bonds is 5. The number of hydrogen-bond acceptors (Lipinski definition) is 3. The highest BCUT2D eigenvalue weighted by atomic mass is 28.3. The van der Waals surface area contributed by atoms with E-state index >= 15 is 0 Å².